The second-order valence-electron chi connectivity index (χ2n) is 4.79. The van der Waals surface area contributed by atoms with Crippen LogP contribution in [0.1, 0.15) is 29.8 Å². The normalized spacial score (nSPS) is 13.4. The van der Waals surface area contributed by atoms with E-state index in [0.29, 0.717) is 5.56 Å². The summed E-state index contributed by atoms with van der Waals surface area (Å²) in [6, 6.07) is 3.80. The van der Waals surface area contributed by atoms with Gasteiger partial charge in [0.25, 0.3) is 0 Å². The number of hydrogen-bond donors (Lipinski definition) is 1. The fourth-order valence-corrected chi connectivity index (χ4v) is 3.82. The maximum absolute atomic E-state index is 12.6. The minimum atomic E-state index is -3.76. The number of carbonyl (C=O) groups is 1. The number of carboxylic acids is 1. The average molecular weight is 315 g/mol. The predicted molar refractivity (Wildman–Crippen MR) is 79.0 cm³/mol. The standard InChI is InChI=1S/C14H21NO5S/c1-5-15(11(3)9-20-4)21(18,19)12-7-6-10(2)13(8-12)14(16)17/h6-8,11H,5,9H2,1-4H3,(H,16,17). The van der Waals surface area contributed by atoms with Crippen molar-refractivity contribution in [2.24, 2.45) is 0 Å². The topological polar surface area (TPSA) is 83.9 Å². The van der Waals surface area contributed by atoms with Crippen LogP contribution in [0.2, 0.25) is 0 Å². The molecule has 1 aromatic rings. The molecule has 21 heavy (non-hydrogen) atoms. The van der Waals surface area contributed by atoms with Gasteiger partial charge in [-0.1, -0.05) is 13.0 Å². The van der Waals surface area contributed by atoms with Crippen molar-refractivity contribution in [3.05, 3.63) is 29.3 Å². The SMILES string of the molecule is CCN(C(C)COC)S(=O)(=O)c1ccc(C)c(C(=O)O)c1. The van der Waals surface area contributed by atoms with E-state index >= 15 is 0 Å². The summed E-state index contributed by atoms with van der Waals surface area (Å²) in [7, 11) is -2.25. The molecule has 0 aromatic heterocycles. The largest absolute Gasteiger partial charge is 0.478 e. The van der Waals surface area contributed by atoms with E-state index in [-0.39, 0.29) is 29.7 Å². The third-order valence-electron chi connectivity index (χ3n) is 3.26. The van der Waals surface area contributed by atoms with Crippen molar-refractivity contribution in [1.29, 1.82) is 0 Å². The molecule has 0 bridgehead atoms. The van der Waals surface area contributed by atoms with E-state index in [1.807, 2.05) is 0 Å². The Morgan fingerprint density at radius 3 is 2.52 bits per heavy atom. The number of hydrogen-bond acceptors (Lipinski definition) is 4. The van der Waals surface area contributed by atoms with Crippen molar-refractivity contribution in [3.8, 4) is 0 Å². The third-order valence-corrected chi connectivity index (χ3v) is 5.34. The summed E-state index contributed by atoms with van der Waals surface area (Å²) in [4.78, 5) is 11.1. The number of ether oxygens (including phenoxy) is 1. The van der Waals surface area contributed by atoms with Gasteiger partial charge in [0.1, 0.15) is 0 Å². The lowest BCUT2D eigenvalue weighted by Gasteiger charge is -2.26. The van der Waals surface area contributed by atoms with Crippen molar-refractivity contribution in [2.75, 3.05) is 20.3 Å². The average Bonchev–Trinajstić information content (AvgIpc) is 2.39. The Bertz CT molecular complexity index is 612. The molecule has 118 valence electrons. The van der Waals surface area contributed by atoms with Crippen molar-refractivity contribution < 1.29 is 23.1 Å². The molecule has 0 aliphatic heterocycles. The van der Waals surface area contributed by atoms with Gasteiger partial charge in [0.2, 0.25) is 10.0 Å². The fraction of sp³-hybridized carbons (Fsp3) is 0.500. The zero-order valence-electron chi connectivity index (χ0n) is 12.7. The molecule has 1 aromatic carbocycles. The maximum Gasteiger partial charge on any atom is 0.335 e. The Balaban J connectivity index is 3.29. The number of likely N-dealkylation sites (N-methyl/N-ethyl adjacent to an activating group) is 1. The van der Waals surface area contributed by atoms with Crippen LogP contribution in [0, 0.1) is 6.92 Å². The molecule has 0 fully saturated rings. The van der Waals surface area contributed by atoms with Crippen LogP contribution in [0.4, 0.5) is 0 Å². The minimum Gasteiger partial charge on any atom is -0.478 e. The highest BCUT2D eigenvalue weighted by Gasteiger charge is 2.28. The highest BCUT2D eigenvalue weighted by Crippen LogP contribution is 2.21. The Morgan fingerprint density at radius 2 is 2.05 bits per heavy atom. The van der Waals surface area contributed by atoms with Crippen LogP contribution >= 0.6 is 0 Å². The molecular formula is C14H21NO5S. The zero-order chi connectivity index (χ0) is 16.2. The highest BCUT2D eigenvalue weighted by molar-refractivity contribution is 7.89. The smallest absolute Gasteiger partial charge is 0.335 e. The fourth-order valence-electron chi connectivity index (χ4n) is 2.17. The van der Waals surface area contributed by atoms with Gasteiger partial charge in [-0.15, -0.1) is 0 Å². The molecule has 0 aliphatic rings. The van der Waals surface area contributed by atoms with E-state index < -0.39 is 16.0 Å². The Labute approximate surface area is 125 Å². The molecule has 1 rings (SSSR count). The van der Waals surface area contributed by atoms with Crippen LogP contribution in [0.25, 0.3) is 0 Å². The molecule has 7 heteroatoms. The monoisotopic (exact) mass is 315 g/mol. The number of carboxylic acid groups (broad SMARTS) is 1. The van der Waals surface area contributed by atoms with Crippen molar-refractivity contribution in [2.45, 2.75) is 31.7 Å². The van der Waals surface area contributed by atoms with E-state index in [2.05, 4.69) is 0 Å². The van der Waals surface area contributed by atoms with E-state index in [0.717, 1.165) is 0 Å². The molecule has 0 radical (unpaired) electrons. The second-order valence-corrected chi connectivity index (χ2v) is 6.69. The molecule has 1 atom stereocenters. The van der Waals surface area contributed by atoms with Gasteiger partial charge >= 0.3 is 5.97 Å². The summed E-state index contributed by atoms with van der Waals surface area (Å²) >= 11 is 0. The first-order valence-corrected chi connectivity index (χ1v) is 8.04. The summed E-state index contributed by atoms with van der Waals surface area (Å²) in [5, 5.41) is 9.12. The van der Waals surface area contributed by atoms with Gasteiger partial charge in [-0.05, 0) is 31.5 Å². The summed E-state index contributed by atoms with van der Waals surface area (Å²) < 4.78 is 31.6. The maximum atomic E-state index is 12.6. The van der Waals surface area contributed by atoms with Crippen molar-refractivity contribution >= 4 is 16.0 Å². The third kappa shape index (κ3) is 3.81. The number of rotatable bonds is 7. The minimum absolute atomic E-state index is 0.00785. The van der Waals surface area contributed by atoms with Gasteiger partial charge in [-0.2, -0.15) is 4.31 Å². The number of aryl methyl sites for hydroxylation is 1. The predicted octanol–water partition coefficient (Wildman–Crippen LogP) is 1.74. The lowest BCUT2D eigenvalue weighted by molar-refractivity contribution is 0.0696. The molecule has 0 heterocycles. The number of nitrogens with zero attached hydrogens (tertiary/aromatic N) is 1. The quantitative estimate of drug-likeness (QED) is 0.828. The number of sulfonamides is 1. The van der Waals surface area contributed by atoms with E-state index in [9.17, 15) is 13.2 Å². The van der Waals surface area contributed by atoms with Crippen LogP contribution in [0.15, 0.2) is 23.1 Å². The van der Waals surface area contributed by atoms with Crippen molar-refractivity contribution in [3.63, 3.8) is 0 Å². The Morgan fingerprint density at radius 1 is 1.43 bits per heavy atom. The van der Waals surface area contributed by atoms with Gasteiger partial charge in [0.15, 0.2) is 0 Å². The van der Waals surface area contributed by atoms with Crippen LogP contribution in [-0.2, 0) is 14.8 Å². The second kappa shape index (κ2) is 7.02. The number of methoxy groups -OCH3 is 1. The number of benzene rings is 1. The molecule has 0 spiro atoms. The summed E-state index contributed by atoms with van der Waals surface area (Å²) in [6.45, 7) is 5.66. The lowest BCUT2D eigenvalue weighted by Crippen LogP contribution is -2.40. The zero-order valence-corrected chi connectivity index (χ0v) is 13.5. The van der Waals surface area contributed by atoms with Crippen LogP contribution in [0.3, 0.4) is 0 Å². The Hall–Kier alpha value is -1.44. The highest BCUT2D eigenvalue weighted by atomic mass is 32.2. The molecule has 6 nitrogen and oxygen atoms in total. The van der Waals surface area contributed by atoms with Gasteiger partial charge in [0.05, 0.1) is 17.1 Å². The van der Waals surface area contributed by atoms with E-state index in [1.54, 1.807) is 20.8 Å². The van der Waals surface area contributed by atoms with Crippen LogP contribution in [0.5, 0.6) is 0 Å². The summed E-state index contributed by atoms with van der Waals surface area (Å²) in [5.74, 6) is -1.14. The molecule has 1 unspecified atom stereocenters. The van der Waals surface area contributed by atoms with Crippen molar-refractivity contribution in [1.82, 2.24) is 4.31 Å². The van der Waals surface area contributed by atoms with Gasteiger partial charge < -0.3 is 9.84 Å². The molecule has 0 amide bonds. The van der Waals surface area contributed by atoms with Gasteiger partial charge in [-0.25, -0.2) is 13.2 Å². The van der Waals surface area contributed by atoms with E-state index in [4.69, 9.17) is 9.84 Å². The first-order valence-electron chi connectivity index (χ1n) is 6.60. The number of aromatic carboxylic acids is 1. The van der Waals surface area contributed by atoms with Crippen LogP contribution < -0.4 is 0 Å². The molecule has 1 N–H and O–H groups in total. The molecular weight excluding hydrogens is 294 g/mol. The van der Waals surface area contributed by atoms with Gasteiger partial charge in [-0.3, -0.25) is 0 Å². The van der Waals surface area contributed by atoms with Gasteiger partial charge in [0, 0.05) is 19.7 Å². The molecule has 0 saturated heterocycles. The first kappa shape index (κ1) is 17.6. The Kier molecular flexibility index (Phi) is 5.88. The first-order chi connectivity index (χ1) is 9.75. The molecule has 0 saturated carbocycles. The molecule has 0 aliphatic carbocycles. The summed E-state index contributed by atoms with van der Waals surface area (Å²) in [5.41, 5.74) is 0.515. The van der Waals surface area contributed by atoms with E-state index in [1.165, 1.54) is 29.6 Å². The van der Waals surface area contributed by atoms with Crippen LogP contribution in [-0.4, -0.2) is 50.1 Å². The lowest BCUT2D eigenvalue weighted by atomic mass is 10.1. The summed E-state index contributed by atoms with van der Waals surface area (Å²) in [6.07, 6.45) is 0.